The first-order valence-electron chi connectivity index (χ1n) is 8.57. The Balaban J connectivity index is 2.00. The first-order chi connectivity index (χ1) is 10.5. The fraction of sp³-hybridized carbons (Fsp3) is 0.722. The fourth-order valence-electron chi connectivity index (χ4n) is 3.56. The molecule has 4 heteroatoms. The second-order valence-corrected chi connectivity index (χ2v) is 6.85. The van der Waals surface area contributed by atoms with Gasteiger partial charge in [0.25, 0.3) is 0 Å². The number of Topliss-reactive ketones (excluding diaryl/α,β-unsaturated/α-hetero) is 1. The standard InChI is InChI=1S/C18H31N3O/c1-14-12-17(18(22)13-19-10-11-20(3)4)15(2)21(14)16-8-6-5-7-9-16/h12,16,19H,5-11,13H2,1-4H3. The van der Waals surface area contributed by atoms with E-state index >= 15 is 0 Å². The molecule has 0 radical (unpaired) electrons. The third kappa shape index (κ3) is 4.20. The van der Waals surface area contributed by atoms with E-state index in [1.807, 2.05) is 14.1 Å². The maximum absolute atomic E-state index is 12.5. The number of likely N-dealkylation sites (N-methyl/N-ethyl adjacent to an activating group) is 1. The zero-order valence-electron chi connectivity index (χ0n) is 14.6. The summed E-state index contributed by atoms with van der Waals surface area (Å²) in [6.45, 7) is 6.48. The van der Waals surface area contributed by atoms with Gasteiger partial charge in [-0.1, -0.05) is 19.3 Å². The van der Waals surface area contributed by atoms with E-state index in [1.165, 1.54) is 37.8 Å². The molecule has 1 aromatic rings. The number of carbonyl (C=O) groups excluding carboxylic acids is 1. The van der Waals surface area contributed by atoms with E-state index in [4.69, 9.17) is 0 Å². The van der Waals surface area contributed by atoms with Crippen molar-refractivity contribution in [2.45, 2.75) is 52.0 Å². The maximum Gasteiger partial charge on any atom is 0.178 e. The average molecular weight is 305 g/mol. The molecule has 1 N–H and O–H groups in total. The van der Waals surface area contributed by atoms with Gasteiger partial charge in [0.15, 0.2) is 5.78 Å². The highest BCUT2D eigenvalue weighted by Crippen LogP contribution is 2.32. The molecule has 2 rings (SSSR count). The summed E-state index contributed by atoms with van der Waals surface area (Å²) in [4.78, 5) is 14.6. The van der Waals surface area contributed by atoms with Crippen LogP contribution in [0.15, 0.2) is 6.07 Å². The van der Waals surface area contributed by atoms with Crippen LogP contribution in [0.3, 0.4) is 0 Å². The van der Waals surface area contributed by atoms with Gasteiger partial charge in [-0.3, -0.25) is 4.79 Å². The minimum absolute atomic E-state index is 0.217. The lowest BCUT2D eigenvalue weighted by Crippen LogP contribution is -2.30. The van der Waals surface area contributed by atoms with Gasteiger partial charge in [0.2, 0.25) is 0 Å². The molecule has 0 spiro atoms. The van der Waals surface area contributed by atoms with E-state index in [2.05, 4.69) is 34.7 Å². The van der Waals surface area contributed by atoms with Gasteiger partial charge in [-0.15, -0.1) is 0 Å². The molecule has 0 saturated heterocycles. The molecule has 0 aromatic carbocycles. The number of carbonyl (C=O) groups is 1. The van der Waals surface area contributed by atoms with Gasteiger partial charge in [-0.2, -0.15) is 0 Å². The molecule has 0 amide bonds. The first kappa shape index (κ1) is 17.2. The molecule has 1 fully saturated rings. The fourth-order valence-corrected chi connectivity index (χ4v) is 3.56. The van der Waals surface area contributed by atoms with Crippen LogP contribution in [0.1, 0.15) is 59.9 Å². The summed E-state index contributed by atoms with van der Waals surface area (Å²) in [5.41, 5.74) is 3.30. The molecule has 1 heterocycles. The lowest BCUT2D eigenvalue weighted by Gasteiger charge is -2.26. The third-order valence-corrected chi connectivity index (χ3v) is 4.75. The SMILES string of the molecule is Cc1cc(C(=O)CNCCN(C)C)c(C)n1C1CCCCC1. The minimum Gasteiger partial charge on any atom is -0.345 e. The van der Waals surface area contributed by atoms with Crippen LogP contribution >= 0.6 is 0 Å². The Morgan fingerprint density at radius 2 is 1.95 bits per heavy atom. The summed E-state index contributed by atoms with van der Waals surface area (Å²) in [5.74, 6) is 0.217. The van der Waals surface area contributed by atoms with Gasteiger partial charge in [-0.25, -0.2) is 0 Å². The summed E-state index contributed by atoms with van der Waals surface area (Å²) in [6, 6.07) is 2.68. The molecule has 0 unspecified atom stereocenters. The van der Waals surface area contributed by atoms with Crippen LogP contribution in [0.5, 0.6) is 0 Å². The number of aromatic nitrogens is 1. The summed E-state index contributed by atoms with van der Waals surface area (Å²) >= 11 is 0. The quantitative estimate of drug-likeness (QED) is 0.621. The summed E-state index contributed by atoms with van der Waals surface area (Å²) < 4.78 is 2.41. The highest BCUT2D eigenvalue weighted by molar-refractivity contribution is 5.99. The number of nitrogens with one attached hydrogen (secondary N) is 1. The van der Waals surface area contributed by atoms with Crippen LogP contribution in [-0.2, 0) is 0 Å². The van der Waals surface area contributed by atoms with Crippen LogP contribution in [0, 0.1) is 13.8 Å². The number of ketones is 1. The number of hydrogen-bond donors (Lipinski definition) is 1. The zero-order chi connectivity index (χ0) is 16.1. The van der Waals surface area contributed by atoms with Crippen molar-refractivity contribution in [1.82, 2.24) is 14.8 Å². The van der Waals surface area contributed by atoms with Crippen LogP contribution < -0.4 is 5.32 Å². The highest BCUT2D eigenvalue weighted by atomic mass is 16.1. The van der Waals surface area contributed by atoms with Crippen LogP contribution in [-0.4, -0.2) is 49.0 Å². The Kier molecular flexibility index (Phi) is 6.21. The number of rotatable bonds is 7. The summed E-state index contributed by atoms with van der Waals surface area (Å²) in [6.07, 6.45) is 6.50. The molecule has 1 aliphatic carbocycles. The van der Waals surface area contributed by atoms with Gasteiger partial charge in [-0.05, 0) is 46.9 Å². The second-order valence-electron chi connectivity index (χ2n) is 6.85. The molecular weight excluding hydrogens is 274 g/mol. The van der Waals surface area contributed by atoms with Crippen molar-refractivity contribution in [3.05, 3.63) is 23.0 Å². The molecule has 22 heavy (non-hydrogen) atoms. The predicted molar refractivity (Wildman–Crippen MR) is 91.8 cm³/mol. The second kappa shape index (κ2) is 7.93. The molecule has 1 aliphatic rings. The number of aryl methyl sites for hydroxylation is 1. The molecule has 0 atom stereocenters. The van der Waals surface area contributed by atoms with E-state index < -0.39 is 0 Å². The predicted octanol–water partition coefficient (Wildman–Crippen LogP) is 2.94. The Morgan fingerprint density at radius 1 is 1.27 bits per heavy atom. The molecule has 1 saturated carbocycles. The molecular formula is C18H31N3O. The van der Waals surface area contributed by atoms with Crippen molar-refractivity contribution >= 4 is 5.78 Å². The van der Waals surface area contributed by atoms with Crippen molar-refractivity contribution in [3.63, 3.8) is 0 Å². The zero-order valence-corrected chi connectivity index (χ0v) is 14.6. The monoisotopic (exact) mass is 305 g/mol. The maximum atomic E-state index is 12.5. The summed E-state index contributed by atoms with van der Waals surface area (Å²) in [5, 5.41) is 3.25. The van der Waals surface area contributed by atoms with E-state index in [9.17, 15) is 4.79 Å². The highest BCUT2D eigenvalue weighted by Gasteiger charge is 2.22. The number of nitrogens with zero attached hydrogens (tertiary/aromatic N) is 2. The van der Waals surface area contributed by atoms with Gasteiger partial charge < -0.3 is 14.8 Å². The normalized spacial score (nSPS) is 16.4. The van der Waals surface area contributed by atoms with Crippen LogP contribution in [0.25, 0.3) is 0 Å². The van der Waals surface area contributed by atoms with E-state index in [-0.39, 0.29) is 5.78 Å². The largest absolute Gasteiger partial charge is 0.345 e. The molecule has 0 bridgehead atoms. The third-order valence-electron chi connectivity index (χ3n) is 4.75. The smallest absolute Gasteiger partial charge is 0.178 e. The van der Waals surface area contributed by atoms with Crippen molar-refractivity contribution in [1.29, 1.82) is 0 Å². The topological polar surface area (TPSA) is 37.3 Å². The Labute approximate surface area is 134 Å². The molecule has 0 aliphatic heterocycles. The first-order valence-corrected chi connectivity index (χ1v) is 8.57. The van der Waals surface area contributed by atoms with Crippen molar-refractivity contribution in [2.24, 2.45) is 0 Å². The van der Waals surface area contributed by atoms with Gasteiger partial charge in [0.1, 0.15) is 0 Å². The van der Waals surface area contributed by atoms with Crippen LogP contribution in [0.2, 0.25) is 0 Å². The van der Waals surface area contributed by atoms with Crippen molar-refractivity contribution < 1.29 is 4.79 Å². The van der Waals surface area contributed by atoms with Gasteiger partial charge in [0, 0.05) is 36.1 Å². The van der Waals surface area contributed by atoms with Gasteiger partial charge >= 0.3 is 0 Å². The lowest BCUT2D eigenvalue weighted by molar-refractivity contribution is 0.0990. The minimum atomic E-state index is 0.217. The van der Waals surface area contributed by atoms with Crippen molar-refractivity contribution in [3.8, 4) is 0 Å². The van der Waals surface area contributed by atoms with E-state index in [1.54, 1.807) is 0 Å². The molecule has 4 nitrogen and oxygen atoms in total. The Morgan fingerprint density at radius 3 is 2.59 bits per heavy atom. The lowest BCUT2D eigenvalue weighted by atomic mass is 9.95. The van der Waals surface area contributed by atoms with E-state index in [0.717, 1.165) is 24.3 Å². The number of hydrogen-bond acceptors (Lipinski definition) is 3. The summed E-state index contributed by atoms with van der Waals surface area (Å²) in [7, 11) is 4.09. The Hall–Kier alpha value is -1.13. The molecule has 1 aromatic heterocycles. The van der Waals surface area contributed by atoms with Crippen molar-refractivity contribution in [2.75, 3.05) is 33.7 Å². The van der Waals surface area contributed by atoms with Gasteiger partial charge in [0.05, 0.1) is 6.54 Å². The van der Waals surface area contributed by atoms with E-state index in [0.29, 0.717) is 12.6 Å². The van der Waals surface area contributed by atoms with Crippen LogP contribution in [0.4, 0.5) is 0 Å². The Bertz CT molecular complexity index is 499. The molecule has 124 valence electrons. The average Bonchev–Trinajstić information content (AvgIpc) is 2.79.